The van der Waals surface area contributed by atoms with Gasteiger partial charge in [0.2, 0.25) is 5.91 Å². The molecule has 1 rings (SSSR count). The largest absolute Gasteiger partial charge is 0.327 e. The SMILES string of the molecule is CCC(N)CSCC(=O)Nc1cccc(Cl)c1C. The molecule has 1 aromatic carbocycles. The Morgan fingerprint density at radius 1 is 1.56 bits per heavy atom. The lowest BCUT2D eigenvalue weighted by atomic mass is 10.2. The van der Waals surface area contributed by atoms with Crippen molar-refractivity contribution in [2.24, 2.45) is 5.73 Å². The molecule has 0 spiro atoms. The molecule has 1 amide bonds. The van der Waals surface area contributed by atoms with Gasteiger partial charge in [-0.2, -0.15) is 11.8 Å². The van der Waals surface area contributed by atoms with Gasteiger partial charge < -0.3 is 11.1 Å². The zero-order valence-corrected chi connectivity index (χ0v) is 12.3. The van der Waals surface area contributed by atoms with Crippen molar-refractivity contribution in [3.63, 3.8) is 0 Å². The summed E-state index contributed by atoms with van der Waals surface area (Å²) < 4.78 is 0. The molecule has 0 aliphatic carbocycles. The van der Waals surface area contributed by atoms with Gasteiger partial charge in [-0.05, 0) is 31.0 Å². The van der Waals surface area contributed by atoms with Crippen molar-refractivity contribution >= 4 is 35.0 Å². The smallest absolute Gasteiger partial charge is 0.234 e. The van der Waals surface area contributed by atoms with Crippen LogP contribution in [0.15, 0.2) is 18.2 Å². The molecule has 0 radical (unpaired) electrons. The molecular weight excluding hydrogens is 268 g/mol. The molecule has 0 heterocycles. The van der Waals surface area contributed by atoms with Crippen LogP contribution in [0.25, 0.3) is 0 Å². The van der Waals surface area contributed by atoms with Gasteiger partial charge in [0.1, 0.15) is 0 Å². The summed E-state index contributed by atoms with van der Waals surface area (Å²) in [6, 6.07) is 5.64. The highest BCUT2D eigenvalue weighted by Crippen LogP contribution is 2.23. The highest BCUT2D eigenvalue weighted by Gasteiger charge is 2.07. The summed E-state index contributed by atoms with van der Waals surface area (Å²) >= 11 is 7.54. The van der Waals surface area contributed by atoms with Crippen LogP contribution in [0, 0.1) is 6.92 Å². The van der Waals surface area contributed by atoms with Crippen LogP contribution in [0.1, 0.15) is 18.9 Å². The molecule has 3 nitrogen and oxygen atoms in total. The average Bonchev–Trinajstić information content (AvgIpc) is 2.34. The Hall–Kier alpha value is -0.710. The maximum Gasteiger partial charge on any atom is 0.234 e. The molecule has 5 heteroatoms. The summed E-state index contributed by atoms with van der Waals surface area (Å²) in [5.41, 5.74) is 7.45. The fourth-order valence-electron chi connectivity index (χ4n) is 1.35. The lowest BCUT2D eigenvalue weighted by molar-refractivity contribution is -0.113. The minimum Gasteiger partial charge on any atom is -0.327 e. The van der Waals surface area contributed by atoms with Gasteiger partial charge in [0.05, 0.1) is 5.75 Å². The maximum atomic E-state index is 11.7. The Labute approximate surface area is 117 Å². The second-order valence-electron chi connectivity index (χ2n) is 4.14. The lowest BCUT2D eigenvalue weighted by Gasteiger charge is -2.10. The number of hydrogen-bond donors (Lipinski definition) is 2. The first kappa shape index (κ1) is 15.3. The van der Waals surface area contributed by atoms with E-state index in [0.717, 1.165) is 23.4 Å². The van der Waals surface area contributed by atoms with E-state index in [4.69, 9.17) is 17.3 Å². The van der Waals surface area contributed by atoms with Gasteiger partial charge in [-0.3, -0.25) is 4.79 Å². The van der Waals surface area contributed by atoms with Crippen molar-refractivity contribution in [3.8, 4) is 0 Å². The number of nitrogens with two attached hydrogens (primary N) is 1. The maximum absolute atomic E-state index is 11.7. The fraction of sp³-hybridized carbons (Fsp3) is 0.462. The number of anilines is 1. The van der Waals surface area contributed by atoms with Gasteiger partial charge in [0.25, 0.3) is 0 Å². The van der Waals surface area contributed by atoms with Crippen molar-refractivity contribution < 1.29 is 4.79 Å². The summed E-state index contributed by atoms with van der Waals surface area (Å²) in [6.45, 7) is 3.93. The number of nitrogens with one attached hydrogen (secondary N) is 1. The van der Waals surface area contributed by atoms with Gasteiger partial charge in [0.15, 0.2) is 0 Å². The van der Waals surface area contributed by atoms with E-state index in [1.54, 1.807) is 11.8 Å². The molecule has 18 heavy (non-hydrogen) atoms. The fourth-order valence-corrected chi connectivity index (χ4v) is 2.44. The third-order valence-electron chi connectivity index (χ3n) is 2.63. The second-order valence-corrected chi connectivity index (χ2v) is 5.58. The molecule has 0 aliphatic heterocycles. The minimum absolute atomic E-state index is 0.0198. The standard InChI is InChI=1S/C13H19ClN2OS/c1-3-10(15)7-18-8-13(17)16-12-6-4-5-11(14)9(12)2/h4-6,10H,3,7-8,15H2,1-2H3,(H,16,17). The topological polar surface area (TPSA) is 55.1 Å². The summed E-state index contributed by atoms with van der Waals surface area (Å²) in [7, 11) is 0. The first-order valence-corrected chi connectivity index (χ1v) is 7.46. The quantitative estimate of drug-likeness (QED) is 0.845. The number of carbonyl (C=O) groups is 1. The predicted molar refractivity (Wildman–Crippen MR) is 80.4 cm³/mol. The number of thioether (sulfide) groups is 1. The number of rotatable bonds is 6. The first-order chi connectivity index (χ1) is 8.54. The predicted octanol–water partition coefficient (Wildman–Crippen LogP) is 3.06. The molecule has 100 valence electrons. The molecule has 1 unspecified atom stereocenters. The van der Waals surface area contributed by atoms with E-state index in [-0.39, 0.29) is 11.9 Å². The molecule has 0 fully saturated rings. The highest BCUT2D eigenvalue weighted by molar-refractivity contribution is 8.00. The van der Waals surface area contributed by atoms with Crippen molar-refractivity contribution in [1.82, 2.24) is 0 Å². The number of halogens is 1. The Morgan fingerprint density at radius 3 is 2.94 bits per heavy atom. The molecule has 1 atom stereocenters. The number of carbonyl (C=O) groups excluding carboxylic acids is 1. The first-order valence-electron chi connectivity index (χ1n) is 5.92. The summed E-state index contributed by atoms with van der Waals surface area (Å²) in [5.74, 6) is 1.20. The number of hydrogen-bond acceptors (Lipinski definition) is 3. The van der Waals surface area contributed by atoms with Gasteiger partial charge >= 0.3 is 0 Å². The van der Waals surface area contributed by atoms with E-state index in [1.807, 2.05) is 32.0 Å². The van der Waals surface area contributed by atoms with Crippen molar-refractivity contribution in [2.45, 2.75) is 26.3 Å². The van der Waals surface area contributed by atoms with Crippen LogP contribution in [0.5, 0.6) is 0 Å². The van der Waals surface area contributed by atoms with Gasteiger partial charge in [-0.15, -0.1) is 0 Å². The third kappa shape index (κ3) is 4.88. The zero-order chi connectivity index (χ0) is 13.5. The molecule has 0 saturated heterocycles. The van der Waals surface area contributed by atoms with E-state index < -0.39 is 0 Å². The average molecular weight is 287 g/mol. The van der Waals surface area contributed by atoms with Gasteiger partial charge in [-0.1, -0.05) is 24.6 Å². The minimum atomic E-state index is -0.0198. The molecule has 0 aliphatic rings. The molecule has 0 saturated carbocycles. The summed E-state index contributed by atoms with van der Waals surface area (Å²) in [4.78, 5) is 11.7. The van der Waals surface area contributed by atoms with Crippen LogP contribution in [-0.4, -0.2) is 23.5 Å². The normalized spacial score (nSPS) is 12.2. The lowest BCUT2D eigenvalue weighted by Crippen LogP contribution is -2.23. The van der Waals surface area contributed by atoms with Crippen molar-refractivity contribution in [1.29, 1.82) is 0 Å². The van der Waals surface area contributed by atoms with Crippen molar-refractivity contribution in [2.75, 3.05) is 16.8 Å². The van der Waals surface area contributed by atoms with Crippen LogP contribution in [0.4, 0.5) is 5.69 Å². The van der Waals surface area contributed by atoms with Crippen LogP contribution >= 0.6 is 23.4 Å². The van der Waals surface area contributed by atoms with E-state index in [1.165, 1.54) is 0 Å². The number of benzene rings is 1. The van der Waals surface area contributed by atoms with E-state index in [2.05, 4.69) is 5.32 Å². The van der Waals surface area contributed by atoms with E-state index in [9.17, 15) is 4.79 Å². The van der Waals surface area contributed by atoms with Crippen LogP contribution in [0.3, 0.4) is 0 Å². The highest BCUT2D eigenvalue weighted by atomic mass is 35.5. The summed E-state index contributed by atoms with van der Waals surface area (Å²) in [5, 5.41) is 3.52. The van der Waals surface area contributed by atoms with Crippen molar-refractivity contribution in [3.05, 3.63) is 28.8 Å². The Kier molecular flexibility index (Phi) is 6.54. The summed E-state index contributed by atoms with van der Waals surface area (Å²) in [6.07, 6.45) is 0.933. The van der Waals surface area contributed by atoms with Gasteiger partial charge in [0, 0.05) is 22.5 Å². The van der Waals surface area contributed by atoms with Gasteiger partial charge in [-0.25, -0.2) is 0 Å². The van der Waals surface area contributed by atoms with E-state index >= 15 is 0 Å². The third-order valence-corrected chi connectivity index (χ3v) is 4.17. The molecule has 1 aromatic rings. The zero-order valence-electron chi connectivity index (χ0n) is 10.7. The molecule has 0 aromatic heterocycles. The van der Waals surface area contributed by atoms with Crippen LogP contribution < -0.4 is 11.1 Å². The Balaban J connectivity index is 2.43. The molecule has 0 bridgehead atoms. The van der Waals surface area contributed by atoms with E-state index in [0.29, 0.717) is 10.8 Å². The van der Waals surface area contributed by atoms with Crippen LogP contribution in [-0.2, 0) is 4.79 Å². The molecular formula is C13H19ClN2OS. The monoisotopic (exact) mass is 286 g/mol. The number of amides is 1. The second kappa shape index (κ2) is 7.67. The van der Waals surface area contributed by atoms with Crippen LogP contribution in [0.2, 0.25) is 5.02 Å². The molecule has 3 N–H and O–H groups in total. The Morgan fingerprint density at radius 2 is 2.28 bits per heavy atom. The Bertz CT molecular complexity index is 412.